The summed E-state index contributed by atoms with van der Waals surface area (Å²) in [6, 6.07) is 13.2. The van der Waals surface area contributed by atoms with Gasteiger partial charge in [-0.3, -0.25) is 4.79 Å². The Labute approximate surface area is 115 Å². The summed E-state index contributed by atoms with van der Waals surface area (Å²) in [7, 11) is 0. The van der Waals surface area contributed by atoms with Crippen LogP contribution in [0.5, 0.6) is 5.75 Å². The maximum atomic E-state index is 12.2. The molecule has 0 aliphatic carbocycles. The van der Waals surface area contributed by atoms with Crippen molar-refractivity contribution < 1.29 is 19.4 Å². The summed E-state index contributed by atoms with van der Waals surface area (Å²) < 4.78 is 5.23. The number of ether oxygens (including phenoxy) is 1. The molecule has 0 fully saturated rings. The molecule has 0 radical (unpaired) electrons. The van der Waals surface area contributed by atoms with Crippen LogP contribution in [-0.2, 0) is 4.74 Å². The summed E-state index contributed by atoms with van der Waals surface area (Å²) >= 11 is 0. The third-order valence-electron chi connectivity index (χ3n) is 3.32. The van der Waals surface area contributed by atoms with E-state index in [0.717, 1.165) is 5.56 Å². The lowest BCUT2D eigenvalue weighted by atomic mass is 9.98. The lowest BCUT2D eigenvalue weighted by molar-refractivity contribution is 0.0367. The van der Waals surface area contributed by atoms with Crippen molar-refractivity contribution >= 4 is 11.8 Å². The molecule has 100 valence electrons. The van der Waals surface area contributed by atoms with Crippen molar-refractivity contribution in [2.24, 2.45) is 0 Å². The number of fused-ring (bicyclic) bond motifs is 1. The Morgan fingerprint density at radius 2 is 1.95 bits per heavy atom. The lowest BCUT2D eigenvalue weighted by Crippen LogP contribution is -2.07. The van der Waals surface area contributed by atoms with Gasteiger partial charge in [-0.25, -0.2) is 4.79 Å². The van der Waals surface area contributed by atoms with Gasteiger partial charge in [0.15, 0.2) is 5.78 Å². The number of carbonyl (C=O) groups excluding carboxylic acids is 2. The zero-order valence-corrected chi connectivity index (χ0v) is 10.6. The fourth-order valence-corrected chi connectivity index (χ4v) is 2.34. The SMILES string of the molecule is O=C(C[C@@H]1OC(=O)c2ccccc21)c1cccc(O)c1. The molecule has 4 nitrogen and oxygen atoms in total. The van der Waals surface area contributed by atoms with Crippen molar-refractivity contribution in [3.63, 3.8) is 0 Å². The summed E-state index contributed by atoms with van der Waals surface area (Å²) in [4.78, 5) is 23.8. The number of hydrogen-bond donors (Lipinski definition) is 1. The van der Waals surface area contributed by atoms with Crippen LogP contribution < -0.4 is 0 Å². The molecule has 1 aliphatic heterocycles. The van der Waals surface area contributed by atoms with E-state index in [4.69, 9.17) is 4.74 Å². The van der Waals surface area contributed by atoms with Crippen molar-refractivity contribution in [1.29, 1.82) is 0 Å². The first-order chi connectivity index (χ1) is 9.65. The van der Waals surface area contributed by atoms with Crippen LogP contribution in [0.15, 0.2) is 48.5 Å². The minimum absolute atomic E-state index is 0.0414. The van der Waals surface area contributed by atoms with Gasteiger partial charge in [0.1, 0.15) is 11.9 Å². The van der Waals surface area contributed by atoms with Crippen LogP contribution in [0.2, 0.25) is 0 Å². The second-order valence-corrected chi connectivity index (χ2v) is 4.66. The number of phenolic OH excluding ortho intramolecular Hbond substituents is 1. The van der Waals surface area contributed by atoms with E-state index in [1.165, 1.54) is 12.1 Å². The smallest absolute Gasteiger partial charge is 0.339 e. The molecule has 0 bridgehead atoms. The number of carbonyl (C=O) groups is 2. The predicted octanol–water partition coefficient (Wildman–Crippen LogP) is 2.88. The van der Waals surface area contributed by atoms with Gasteiger partial charge in [0.2, 0.25) is 0 Å². The minimum Gasteiger partial charge on any atom is -0.508 e. The average molecular weight is 268 g/mol. The minimum atomic E-state index is -0.548. The highest BCUT2D eigenvalue weighted by Gasteiger charge is 2.32. The van der Waals surface area contributed by atoms with E-state index in [1.807, 2.05) is 6.07 Å². The van der Waals surface area contributed by atoms with Gasteiger partial charge in [0.25, 0.3) is 0 Å². The zero-order valence-electron chi connectivity index (χ0n) is 10.6. The first-order valence-electron chi connectivity index (χ1n) is 6.27. The van der Waals surface area contributed by atoms with E-state index in [2.05, 4.69) is 0 Å². The van der Waals surface area contributed by atoms with Crippen molar-refractivity contribution in [3.05, 3.63) is 65.2 Å². The van der Waals surface area contributed by atoms with Gasteiger partial charge >= 0.3 is 5.97 Å². The Morgan fingerprint density at radius 1 is 1.15 bits per heavy atom. The lowest BCUT2D eigenvalue weighted by Gasteiger charge is -2.09. The Morgan fingerprint density at radius 3 is 2.75 bits per heavy atom. The van der Waals surface area contributed by atoms with Crippen LogP contribution >= 0.6 is 0 Å². The van der Waals surface area contributed by atoms with E-state index in [-0.39, 0.29) is 18.0 Å². The Balaban J connectivity index is 1.83. The molecule has 4 heteroatoms. The fraction of sp³-hybridized carbons (Fsp3) is 0.125. The molecule has 0 saturated carbocycles. The molecule has 1 atom stereocenters. The summed E-state index contributed by atoms with van der Waals surface area (Å²) in [6.45, 7) is 0. The average Bonchev–Trinajstić information content (AvgIpc) is 2.76. The number of benzene rings is 2. The van der Waals surface area contributed by atoms with E-state index >= 15 is 0 Å². The highest BCUT2D eigenvalue weighted by Crippen LogP contribution is 2.33. The van der Waals surface area contributed by atoms with Crippen LogP contribution in [0.25, 0.3) is 0 Å². The number of aromatic hydroxyl groups is 1. The summed E-state index contributed by atoms with van der Waals surface area (Å²) in [6.07, 6.45) is -0.472. The molecule has 0 amide bonds. The van der Waals surface area contributed by atoms with Crippen LogP contribution in [0.3, 0.4) is 0 Å². The van der Waals surface area contributed by atoms with Gasteiger partial charge in [0, 0.05) is 11.1 Å². The molecule has 0 spiro atoms. The van der Waals surface area contributed by atoms with Crippen molar-refractivity contribution in [3.8, 4) is 5.75 Å². The van der Waals surface area contributed by atoms with E-state index in [0.29, 0.717) is 11.1 Å². The molecule has 1 N–H and O–H groups in total. The van der Waals surface area contributed by atoms with E-state index < -0.39 is 12.1 Å². The van der Waals surface area contributed by atoms with Crippen LogP contribution in [-0.4, -0.2) is 16.9 Å². The number of phenols is 1. The second-order valence-electron chi connectivity index (χ2n) is 4.66. The van der Waals surface area contributed by atoms with E-state index in [9.17, 15) is 14.7 Å². The highest BCUT2D eigenvalue weighted by atomic mass is 16.5. The number of esters is 1. The van der Waals surface area contributed by atoms with Gasteiger partial charge in [-0.1, -0.05) is 30.3 Å². The molecule has 20 heavy (non-hydrogen) atoms. The zero-order chi connectivity index (χ0) is 14.1. The van der Waals surface area contributed by atoms with Gasteiger partial charge in [-0.15, -0.1) is 0 Å². The third kappa shape index (κ3) is 2.16. The topological polar surface area (TPSA) is 63.6 Å². The molecule has 1 heterocycles. The molecule has 2 aromatic carbocycles. The number of rotatable bonds is 3. The van der Waals surface area contributed by atoms with Crippen LogP contribution in [0.1, 0.15) is 38.8 Å². The third-order valence-corrected chi connectivity index (χ3v) is 3.32. The van der Waals surface area contributed by atoms with Gasteiger partial charge in [-0.2, -0.15) is 0 Å². The van der Waals surface area contributed by atoms with Crippen LogP contribution in [0, 0.1) is 0 Å². The van der Waals surface area contributed by atoms with Crippen molar-refractivity contribution in [1.82, 2.24) is 0 Å². The van der Waals surface area contributed by atoms with Crippen molar-refractivity contribution in [2.45, 2.75) is 12.5 Å². The largest absolute Gasteiger partial charge is 0.508 e. The highest BCUT2D eigenvalue weighted by molar-refractivity contribution is 5.99. The van der Waals surface area contributed by atoms with Gasteiger partial charge in [0.05, 0.1) is 12.0 Å². The van der Waals surface area contributed by atoms with E-state index in [1.54, 1.807) is 30.3 Å². The summed E-state index contributed by atoms with van der Waals surface area (Å²) in [5.41, 5.74) is 1.66. The Bertz CT molecular complexity index is 690. The van der Waals surface area contributed by atoms with Crippen LogP contribution in [0.4, 0.5) is 0 Å². The molecular formula is C16H12O4. The molecule has 0 aromatic heterocycles. The Kier molecular flexibility index (Phi) is 2.99. The first kappa shape index (κ1) is 12.4. The second kappa shape index (κ2) is 4.81. The number of Topliss-reactive ketones (excluding diaryl/α,β-unsaturated/α-hetero) is 1. The van der Waals surface area contributed by atoms with Gasteiger partial charge in [-0.05, 0) is 18.2 Å². The molecule has 2 aromatic rings. The number of cyclic esters (lactones) is 1. The standard InChI is InChI=1S/C16H12O4/c17-11-5-3-4-10(8-11)14(18)9-15-12-6-1-2-7-13(12)16(19)20-15/h1-8,15,17H,9H2/t15-/m0/s1. The molecule has 0 unspecified atom stereocenters. The Hall–Kier alpha value is -2.62. The summed E-state index contributed by atoms with van der Waals surface area (Å²) in [5.74, 6) is -0.524. The number of ketones is 1. The summed E-state index contributed by atoms with van der Waals surface area (Å²) in [5, 5.41) is 9.39. The van der Waals surface area contributed by atoms with Gasteiger partial charge < -0.3 is 9.84 Å². The maximum absolute atomic E-state index is 12.2. The van der Waals surface area contributed by atoms with Crippen molar-refractivity contribution in [2.75, 3.05) is 0 Å². The predicted molar refractivity (Wildman–Crippen MR) is 71.7 cm³/mol. The maximum Gasteiger partial charge on any atom is 0.339 e. The molecule has 0 saturated heterocycles. The first-order valence-corrected chi connectivity index (χ1v) is 6.27. The quantitative estimate of drug-likeness (QED) is 0.686. The molecule has 3 rings (SSSR count). The fourth-order valence-electron chi connectivity index (χ4n) is 2.34. The number of hydrogen-bond acceptors (Lipinski definition) is 4. The normalized spacial score (nSPS) is 16.6. The monoisotopic (exact) mass is 268 g/mol. The molecular weight excluding hydrogens is 256 g/mol. The molecule has 1 aliphatic rings.